The Morgan fingerprint density at radius 2 is 1.94 bits per heavy atom. The molecule has 0 amide bonds. The molecule has 17 heavy (non-hydrogen) atoms. The zero-order valence-electron chi connectivity index (χ0n) is 11.3. The minimum atomic E-state index is 0.341. The summed E-state index contributed by atoms with van der Waals surface area (Å²) in [5.41, 5.74) is 3.55. The molecular weight excluding hydrogens is 208 g/mol. The molecule has 1 aliphatic rings. The van der Waals surface area contributed by atoms with Gasteiger partial charge in [-0.25, -0.2) is 0 Å². The van der Waals surface area contributed by atoms with Gasteiger partial charge in [0.25, 0.3) is 0 Å². The lowest BCUT2D eigenvalue weighted by Gasteiger charge is -2.14. The van der Waals surface area contributed by atoms with Crippen molar-refractivity contribution in [2.45, 2.75) is 52.4 Å². The molecule has 0 aliphatic heterocycles. The summed E-state index contributed by atoms with van der Waals surface area (Å²) in [6, 6.07) is 6.49. The molecule has 0 saturated carbocycles. The molecular formula is C16H22O. The number of hydrogen-bond acceptors (Lipinski definition) is 1. The van der Waals surface area contributed by atoms with Crippen LogP contribution in [0.5, 0.6) is 0 Å². The molecule has 1 aromatic rings. The van der Waals surface area contributed by atoms with E-state index in [0.29, 0.717) is 23.5 Å². The van der Waals surface area contributed by atoms with E-state index in [-0.39, 0.29) is 0 Å². The molecule has 1 unspecified atom stereocenters. The van der Waals surface area contributed by atoms with Crippen LogP contribution < -0.4 is 0 Å². The topological polar surface area (TPSA) is 17.1 Å². The highest BCUT2D eigenvalue weighted by Gasteiger charge is 2.29. The summed E-state index contributed by atoms with van der Waals surface area (Å²) >= 11 is 0. The fraction of sp³-hybridized carbons (Fsp3) is 0.562. The van der Waals surface area contributed by atoms with Gasteiger partial charge in [-0.05, 0) is 41.4 Å². The van der Waals surface area contributed by atoms with Gasteiger partial charge in [-0.3, -0.25) is 4.79 Å². The van der Waals surface area contributed by atoms with Crippen LogP contribution >= 0.6 is 0 Å². The monoisotopic (exact) mass is 230 g/mol. The molecule has 2 rings (SSSR count). The van der Waals surface area contributed by atoms with Gasteiger partial charge in [0.2, 0.25) is 0 Å². The quantitative estimate of drug-likeness (QED) is 0.745. The second-order valence-electron chi connectivity index (χ2n) is 5.96. The molecule has 0 N–H and O–H groups in total. The van der Waals surface area contributed by atoms with Gasteiger partial charge in [0.15, 0.2) is 5.78 Å². The Morgan fingerprint density at radius 3 is 2.53 bits per heavy atom. The van der Waals surface area contributed by atoms with Crippen molar-refractivity contribution in [2.24, 2.45) is 5.92 Å². The summed E-state index contributed by atoms with van der Waals surface area (Å²) in [7, 11) is 0. The molecule has 1 nitrogen and oxygen atoms in total. The summed E-state index contributed by atoms with van der Waals surface area (Å²) in [6.45, 7) is 8.80. The van der Waals surface area contributed by atoms with E-state index in [1.54, 1.807) is 0 Å². The van der Waals surface area contributed by atoms with Crippen LogP contribution in [0.25, 0.3) is 0 Å². The Labute approximate surface area is 104 Å². The normalized spacial score (nSPS) is 19.2. The van der Waals surface area contributed by atoms with Crippen molar-refractivity contribution in [2.75, 3.05) is 0 Å². The first-order chi connectivity index (χ1) is 7.99. The average Bonchev–Trinajstić information content (AvgIpc) is 2.54. The van der Waals surface area contributed by atoms with E-state index in [1.807, 2.05) is 0 Å². The lowest BCUT2D eigenvalue weighted by atomic mass is 9.90. The van der Waals surface area contributed by atoms with E-state index in [0.717, 1.165) is 18.4 Å². The molecule has 1 aliphatic carbocycles. The summed E-state index contributed by atoms with van der Waals surface area (Å²) < 4.78 is 0. The van der Waals surface area contributed by atoms with Gasteiger partial charge in [-0.1, -0.05) is 39.8 Å². The molecule has 0 aromatic heterocycles. The van der Waals surface area contributed by atoms with Crippen LogP contribution in [0, 0.1) is 5.92 Å². The van der Waals surface area contributed by atoms with Crippen molar-refractivity contribution in [1.82, 2.24) is 0 Å². The van der Waals surface area contributed by atoms with Crippen LogP contribution in [0.3, 0.4) is 0 Å². The number of hydrogen-bond donors (Lipinski definition) is 0. The highest BCUT2D eigenvalue weighted by atomic mass is 16.1. The fourth-order valence-corrected chi connectivity index (χ4v) is 2.75. The van der Waals surface area contributed by atoms with Crippen LogP contribution in [0.1, 0.15) is 73.9 Å². The van der Waals surface area contributed by atoms with Gasteiger partial charge in [0.05, 0.1) is 0 Å². The predicted molar refractivity (Wildman–Crippen MR) is 71.7 cm³/mol. The van der Waals surface area contributed by atoms with E-state index in [1.165, 1.54) is 11.1 Å². The maximum Gasteiger partial charge on any atom is 0.163 e. The average molecular weight is 230 g/mol. The van der Waals surface area contributed by atoms with Crippen LogP contribution in [-0.4, -0.2) is 5.78 Å². The third-order valence-corrected chi connectivity index (χ3v) is 3.67. The highest BCUT2D eigenvalue weighted by molar-refractivity contribution is 6.01. The lowest BCUT2D eigenvalue weighted by Crippen LogP contribution is -1.99. The number of fused-ring (bicyclic) bond motifs is 1. The van der Waals surface area contributed by atoms with Gasteiger partial charge in [0, 0.05) is 12.0 Å². The smallest absolute Gasteiger partial charge is 0.163 e. The maximum absolute atomic E-state index is 12.0. The molecule has 1 atom stereocenters. The van der Waals surface area contributed by atoms with Crippen LogP contribution in [0.15, 0.2) is 18.2 Å². The molecule has 92 valence electrons. The third kappa shape index (κ3) is 2.43. The van der Waals surface area contributed by atoms with E-state index in [9.17, 15) is 4.79 Å². The first kappa shape index (κ1) is 12.3. The number of Topliss-reactive ketones (excluding diaryl/α,β-unsaturated/α-hetero) is 1. The lowest BCUT2D eigenvalue weighted by molar-refractivity contribution is 0.0987. The first-order valence-electron chi connectivity index (χ1n) is 6.66. The largest absolute Gasteiger partial charge is 0.294 e. The Hall–Kier alpha value is -1.11. The van der Waals surface area contributed by atoms with E-state index in [2.05, 4.69) is 45.9 Å². The Kier molecular flexibility index (Phi) is 3.37. The minimum Gasteiger partial charge on any atom is -0.294 e. The highest BCUT2D eigenvalue weighted by Crippen LogP contribution is 2.38. The first-order valence-corrected chi connectivity index (χ1v) is 6.66. The van der Waals surface area contributed by atoms with Crippen molar-refractivity contribution in [3.05, 3.63) is 34.9 Å². The van der Waals surface area contributed by atoms with E-state index in [4.69, 9.17) is 0 Å². The molecule has 0 bridgehead atoms. The molecule has 0 saturated heterocycles. The maximum atomic E-state index is 12.0. The molecule has 0 fully saturated rings. The van der Waals surface area contributed by atoms with Crippen molar-refractivity contribution < 1.29 is 4.79 Å². The molecule has 0 heterocycles. The molecule has 0 spiro atoms. The molecule has 1 aromatic carbocycles. The van der Waals surface area contributed by atoms with Gasteiger partial charge < -0.3 is 0 Å². The fourth-order valence-electron chi connectivity index (χ4n) is 2.75. The van der Waals surface area contributed by atoms with Crippen LogP contribution in [0.4, 0.5) is 0 Å². The summed E-state index contributed by atoms with van der Waals surface area (Å²) in [5, 5.41) is 0. The number of benzene rings is 1. The Bertz CT molecular complexity index is 429. The molecule has 0 radical (unpaired) electrons. The summed E-state index contributed by atoms with van der Waals surface area (Å²) in [6.07, 6.45) is 1.84. The standard InChI is InChI=1S/C16H22O/c1-10(2)7-13-9-16(17)15-8-12(11(3)4)5-6-14(13)15/h5-6,8,10-11,13H,7,9H2,1-4H3. The van der Waals surface area contributed by atoms with E-state index < -0.39 is 0 Å². The second kappa shape index (κ2) is 4.64. The van der Waals surface area contributed by atoms with Gasteiger partial charge in [0.1, 0.15) is 0 Å². The Balaban J connectivity index is 2.33. The van der Waals surface area contributed by atoms with Gasteiger partial charge in [-0.2, -0.15) is 0 Å². The number of carbonyl (C=O) groups excluding carboxylic acids is 1. The second-order valence-corrected chi connectivity index (χ2v) is 5.96. The van der Waals surface area contributed by atoms with Crippen molar-refractivity contribution in [3.8, 4) is 0 Å². The number of ketones is 1. The van der Waals surface area contributed by atoms with Crippen molar-refractivity contribution in [1.29, 1.82) is 0 Å². The predicted octanol–water partition coefficient (Wildman–Crippen LogP) is 4.53. The van der Waals surface area contributed by atoms with Gasteiger partial charge in [-0.15, -0.1) is 0 Å². The molecule has 1 heteroatoms. The van der Waals surface area contributed by atoms with Crippen LogP contribution in [0.2, 0.25) is 0 Å². The zero-order valence-corrected chi connectivity index (χ0v) is 11.3. The summed E-state index contributed by atoms with van der Waals surface area (Å²) in [4.78, 5) is 12.0. The SMILES string of the molecule is CC(C)CC1CC(=O)c2cc(C(C)C)ccc21. The van der Waals surface area contributed by atoms with Crippen LogP contribution in [-0.2, 0) is 0 Å². The van der Waals surface area contributed by atoms with Crippen molar-refractivity contribution >= 4 is 5.78 Å². The van der Waals surface area contributed by atoms with Gasteiger partial charge >= 0.3 is 0 Å². The minimum absolute atomic E-state index is 0.341. The van der Waals surface area contributed by atoms with E-state index >= 15 is 0 Å². The zero-order chi connectivity index (χ0) is 12.6. The third-order valence-electron chi connectivity index (χ3n) is 3.67. The van der Waals surface area contributed by atoms with Crippen molar-refractivity contribution in [3.63, 3.8) is 0 Å². The Morgan fingerprint density at radius 1 is 1.24 bits per heavy atom. The number of carbonyl (C=O) groups is 1. The number of rotatable bonds is 3. The summed E-state index contributed by atoms with van der Waals surface area (Å²) in [5.74, 6) is 1.95.